The molecule has 0 spiro atoms. The molecule has 9 nitrogen and oxygen atoms in total. The molecule has 3 aromatic carbocycles. The fourth-order valence-corrected chi connectivity index (χ4v) is 6.64. The van der Waals surface area contributed by atoms with E-state index >= 15 is 0 Å². The van der Waals surface area contributed by atoms with E-state index in [1.54, 1.807) is 25.1 Å². The Morgan fingerprint density at radius 3 is 2.43 bits per heavy atom. The summed E-state index contributed by atoms with van der Waals surface area (Å²) in [5.41, 5.74) is 2.61. The molecule has 196 valence electrons. The van der Waals surface area contributed by atoms with Gasteiger partial charge in [0.1, 0.15) is 5.75 Å². The average molecular weight is 564 g/mol. The first kappa shape index (κ1) is 26.9. The first-order chi connectivity index (χ1) is 17.4. The van der Waals surface area contributed by atoms with Crippen molar-refractivity contribution >= 4 is 48.9 Å². The fraction of sp³-hybridized carbons (Fsp3) is 0.240. The first-order valence-electron chi connectivity index (χ1n) is 11.3. The van der Waals surface area contributed by atoms with Crippen LogP contribution in [0.3, 0.4) is 0 Å². The number of fused-ring (bicyclic) bond motifs is 1. The maximum absolute atomic E-state index is 13.2. The van der Waals surface area contributed by atoms with E-state index in [0.29, 0.717) is 29.9 Å². The Bertz CT molecular complexity index is 1570. The van der Waals surface area contributed by atoms with Gasteiger partial charge in [-0.3, -0.25) is 9.10 Å². The Labute approximate surface area is 221 Å². The second-order valence-electron chi connectivity index (χ2n) is 8.65. The molecule has 0 aromatic heterocycles. The molecular formula is C25H26ClN3O6S2. The summed E-state index contributed by atoms with van der Waals surface area (Å²) >= 11 is 6.30. The van der Waals surface area contributed by atoms with Crippen LogP contribution < -0.4 is 14.4 Å². The molecule has 3 aromatic rings. The SMILES string of the molecule is Cc1ccc(S(=O)(=O)N(C)C)cc1NC(=O)COc1ccc(S(=O)(=O)N2CCc3ccccc32)cc1Cl. The molecule has 0 saturated heterocycles. The number of carbonyl (C=O) groups is 1. The van der Waals surface area contributed by atoms with Crippen molar-refractivity contribution in [3.8, 4) is 5.75 Å². The van der Waals surface area contributed by atoms with Crippen LogP contribution in [-0.2, 0) is 31.3 Å². The van der Waals surface area contributed by atoms with Crippen molar-refractivity contribution in [2.24, 2.45) is 0 Å². The predicted molar refractivity (Wildman–Crippen MR) is 142 cm³/mol. The van der Waals surface area contributed by atoms with Crippen LogP contribution in [0.2, 0.25) is 5.02 Å². The van der Waals surface area contributed by atoms with Gasteiger partial charge in [0.05, 0.1) is 20.5 Å². The minimum atomic E-state index is -3.83. The molecule has 1 N–H and O–H groups in total. The summed E-state index contributed by atoms with van der Waals surface area (Å²) < 4.78 is 59.2. The van der Waals surface area contributed by atoms with Crippen molar-refractivity contribution in [2.45, 2.75) is 23.1 Å². The molecule has 0 atom stereocenters. The summed E-state index contributed by atoms with van der Waals surface area (Å²) in [6.07, 6.45) is 0.628. The molecular weight excluding hydrogens is 538 g/mol. The lowest BCUT2D eigenvalue weighted by Crippen LogP contribution is -2.29. The standard InChI is InChI=1S/C25H26ClN3O6S2/c1-17-8-9-20(36(31,32)28(2)3)15-22(17)27-25(30)16-35-24-11-10-19(14-21(24)26)37(33,34)29-13-12-18-6-4-5-7-23(18)29/h4-11,14-15H,12-13,16H2,1-3H3,(H,27,30). The minimum absolute atomic E-state index is 0.0144. The van der Waals surface area contributed by atoms with Crippen LogP contribution in [0.15, 0.2) is 70.5 Å². The number of hydrogen-bond donors (Lipinski definition) is 1. The summed E-state index contributed by atoms with van der Waals surface area (Å²) in [6, 6.07) is 15.9. The smallest absolute Gasteiger partial charge is 0.264 e. The summed E-state index contributed by atoms with van der Waals surface area (Å²) in [7, 11) is -4.66. The zero-order valence-electron chi connectivity index (χ0n) is 20.4. The minimum Gasteiger partial charge on any atom is -0.482 e. The molecule has 0 saturated carbocycles. The number of hydrogen-bond acceptors (Lipinski definition) is 6. The highest BCUT2D eigenvalue weighted by Crippen LogP contribution is 2.35. The number of amides is 1. The highest BCUT2D eigenvalue weighted by molar-refractivity contribution is 7.92. The van der Waals surface area contributed by atoms with Gasteiger partial charge in [-0.1, -0.05) is 35.9 Å². The van der Waals surface area contributed by atoms with Crippen LogP contribution in [0.4, 0.5) is 11.4 Å². The van der Waals surface area contributed by atoms with Crippen molar-refractivity contribution in [1.82, 2.24) is 4.31 Å². The van der Waals surface area contributed by atoms with Crippen molar-refractivity contribution in [2.75, 3.05) is 36.9 Å². The zero-order chi connectivity index (χ0) is 27.0. The summed E-state index contributed by atoms with van der Waals surface area (Å²) in [6.45, 7) is 1.65. The number of aryl methyl sites for hydroxylation is 1. The Balaban J connectivity index is 1.45. The quantitative estimate of drug-likeness (QED) is 0.447. The van der Waals surface area contributed by atoms with E-state index in [2.05, 4.69) is 5.32 Å². The maximum Gasteiger partial charge on any atom is 0.264 e. The number of rotatable bonds is 8. The molecule has 0 radical (unpaired) electrons. The summed E-state index contributed by atoms with van der Waals surface area (Å²) in [5, 5.41) is 2.68. The van der Waals surface area contributed by atoms with Crippen LogP contribution in [0, 0.1) is 6.92 Å². The number of benzene rings is 3. The van der Waals surface area contributed by atoms with E-state index in [9.17, 15) is 21.6 Å². The van der Waals surface area contributed by atoms with Gasteiger partial charge >= 0.3 is 0 Å². The molecule has 1 amide bonds. The molecule has 12 heteroatoms. The van der Waals surface area contributed by atoms with E-state index in [-0.39, 0.29) is 20.6 Å². The number of nitrogens with zero attached hydrogens (tertiary/aromatic N) is 2. The number of para-hydroxylation sites is 1. The predicted octanol–water partition coefficient (Wildman–Crippen LogP) is 3.67. The van der Waals surface area contributed by atoms with E-state index < -0.39 is 32.6 Å². The highest BCUT2D eigenvalue weighted by atomic mass is 35.5. The van der Waals surface area contributed by atoms with Gasteiger partial charge in [-0.2, -0.15) is 0 Å². The Hall–Kier alpha value is -3.12. The largest absolute Gasteiger partial charge is 0.482 e. The van der Waals surface area contributed by atoms with Crippen molar-refractivity contribution < 1.29 is 26.4 Å². The van der Waals surface area contributed by atoms with Crippen molar-refractivity contribution in [3.63, 3.8) is 0 Å². The maximum atomic E-state index is 13.2. The molecule has 1 heterocycles. The van der Waals surface area contributed by atoms with Gasteiger partial charge < -0.3 is 10.1 Å². The fourth-order valence-electron chi connectivity index (χ4n) is 3.88. The Kier molecular flexibility index (Phi) is 7.52. The number of nitrogens with one attached hydrogen (secondary N) is 1. The first-order valence-corrected chi connectivity index (χ1v) is 14.5. The third kappa shape index (κ3) is 5.45. The number of carbonyl (C=O) groups excluding carboxylic acids is 1. The lowest BCUT2D eigenvalue weighted by molar-refractivity contribution is -0.118. The molecule has 0 aliphatic carbocycles. The Morgan fingerprint density at radius 2 is 1.73 bits per heavy atom. The monoisotopic (exact) mass is 563 g/mol. The van der Waals surface area contributed by atoms with Gasteiger partial charge in [0, 0.05) is 26.3 Å². The molecule has 0 bridgehead atoms. The average Bonchev–Trinajstić information content (AvgIpc) is 3.29. The molecule has 4 rings (SSSR count). The molecule has 37 heavy (non-hydrogen) atoms. The lowest BCUT2D eigenvalue weighted by Gasteiger charge is -2.20. The second kappa shape index (κ2) is 10.3. The molecule has 1 aliphatic heterocycles. The van der Waals surface area contributed by atoms with Gasteiger partial charge in [0.15, 0.2) is 6.61 Å². The Morgan fingerprint density at radius 1 is 1.03 bits per heavy atom. The zero-order valence-corrected chi connectivity index (χ0v) is 22.8. The van der Waals surface area contributed by atoms with Gasteiger partial charge in [0.25, 0.3) is 15.9 Å². The van der Waals surface area contributed by atoms with Crippen molar-refractivity contribution in [3.05, 3.63) is 76.8 Å². The normalized spacial score (nSPS) is 13.5. The van der Waals surface area contributed by atoms with E-state index in [1.807, 2.05) is 12.1 Å². The van der Waals surface area contributed by atoms with Crippen LogP contribution in [0.5, 0.6) is 5.75 Å². The van der Waals surface area contributed by atoms with Gasteiger partial charge in [0.2, 0.25) is 10.0 Å². The summed E-state index contributed by atoms with van der Waals surface area (Å²) in [4.78, 5) is 12.6. The van der Waals surface area contributed by atoms with Crippen molar-refractivity contribution in [1.29, 1.82) is 0 Å². The number of anilines is 2. The van der Waals surface area contributed by atoms with E-state index in [4.69, 9.17) is 16.3 Å². The second-order valence-corrected chi connectivity index (χ2v) is 13.1. The van der Waals surface area contributed by atoms with Crippen LogP contribution in [0.1, 0.15) is 11.1 Å². The van der Waals surface area contributed by atoms with Gasteiger partial charge in [-0.15, -0.1) is 0 Å². The number of ether oxygens (including phenoxy) is 1. The third-order valence-corrected chi connectivity index (χ3v) is 9.87. The van der Waals surface area contributed by atoms with Crippen LogP contribution >= 0.6 is 11.6 Å². The van der Waals surface area contributed by atoms with Crippen LogP contribution in [-0.4, -0.2) is 54.3 Å². The lowest BCUT2D eigenvalue weighted by atomic mass is 10.2. The molecule has 1 aliphatic rings. The number of halogens is 1. The summed E-state index contributed by atoms with van der Waals surface area (Å²) in [5.74, 6) is -0.401. The number of sulfonamides is 2. The topological polar surface area (TPSA) is 113 Å². The van der Waals surface area contributed by atoms with Crippen LogP contribution in [0.25, 0.3) is 0 Å². The third-order valence-electron chi connectivity index (χ3n) is 5.96. The van der Waals surface area contributed by atoms with Gasteiger partial charge in [-0.25, -0.2) is 21.1 Å². The molecule has 0 fully saturated rings. The van der Waals surface area contributed by atoms with E-state index in [0.717, 1.165) is 9.87 Å². The van der Waals surface area contributed by atoms with Gasteiger partial charge in [-0.05, 0) is 60.9 Å². The van der Waals surface area contributed by atoms with E-state index in [1.165, 1.54) is 48.7 Å². The molecule has 0 unspecified atom stereocenters. The highest BCUT2D eigenvalue weighted by Gasteiger charge is 2.31.